The third-order valence-electron chi connectivity index (χ3n) is 15.0. The van der Waals surface area contributed by atoms with Gasteiger partial charge in [0.15, 0.2) is 12.3 Å². The highest BCUT2D eigenvalue weighted by atomic mass is 35.5. The molecule has 11 unspecified atom stereocenters. The standard InChI is InChI=1S/C24H44N6O3.C15H27N4O2.C9H18N2O.C3H8.5C3H7.6ClH/c1-7-22(31)14-27-10-12-29(20(27)3)17-24(33-6)18-30-13-11-28(21(30)4)16-23(32)15-26-9-8-25(5)19(26)2;1-12-16(3)4-5-17(12)8-14(20)9-18-6-7-19(13(18)2)10-15(21)11-19;1-4-9(12)7-11-6-5-10(3)8(11)2;6*1-3-2;;;;;;/h8-13,19-24,31-32H,7,14-18H2,1-6H3;4-7,12-15,20-21H,8-11H2,1-3H3;5-6,8-9,12H,4,7H2,1-3H3;3H2,1-2H3;5*1,3H2,2H3;6*1H/q;+1;;;5*+1;;;;;;/p-6. The molecule has 7 aliphatic rings. The second-order valence-corrected chi connectivity index (χ2v) is 22.8. The predicted molar refractivity (Wildman–Crippen MR) is 354 cm³/mol. The number of rotatable bonds is 19. The molecule has 90 heavy (non-hydrogen) atoms. The molecular formula is C66H132Cl6N12O6. The van der Waals surface area contributed by atoms with E-state index in [0.717, 1.165) is 82.2 Å². The first-order valence-electron chi connectivity index (χ1n) is 31.9. The number of aliphatic hydroxyl groups excluding tert-OH is 5. The first-order chi connectivity index (χ1) is 39.8. The predicted octanol–water partition coefficient (Wildman–Crippen LogP) is -8.78. The van der Waals surface area contributed by atoms with Crippen LogP contribution in [-0.4, -0.2) is 251 Å². The van der Waals surface area contributed by atoms with Gasteiger partial charge in [-0.1, -0.05) is 34.1 Å². The minimum atomic E-state index is -0.436. The molecule has 11 atom stereocenters. The van der Waals surface area contributed by atoms with Crippen molar-refractivity contribution in [3.8, 4) is 0 Å². The first-order valence-corrected chi connectivity index (χ1v) is 31.9. The van der Waals surface area contributed by atoms with Crippen LogP contribution in [0.3, 0.4) is 0 Å². The van der Waals surface area contributed by atoms with Crippen LogP contribution in [0.15, 0.2) is 74.4 Å². The Bertz CT molecular complexity index is 1790. The highest BCUT2D eigenvalue weighted by Gasteiger charge is 2.50. The zero-order valence-corrected chi connectivity index (χ0v) is 63.9. The SMILES string of the molecule is CC1N(C)C=CN1CC(O)CN1C=C[N+]2(CC(O)C2)C1C.CCC.CCC(O)CN1C=CN(C)C1C.CCC(O)CN1C=CN(CC(CN2C=CN(CC(O)CN3C=CN(C)C3C)C2C)OC)C1C.[CH2+]CC.[CH2+]CC.[CH2+]CC.[CH2+]CC.[CH2+]CC.[Cl-].[Cl-].[Cl-].[Cl-].[Cl-].[Cl-]. The summed E-state index contributed by atoms with van der Waals surface area (Å²) in [6, 6.07) is 0. The molecule has 0 aromatic heterocycles. The zero-order chi connectivity index (χ0) is 64.7. The summed E-state index contributed by atoms with van der Waals surface area (Å²) in [6.45, 7) is 55.6. The second-order valence-electron chi connectivity index (χ2n) is 22.8. The van der Waals surface area contributed by atoms with E-state index in [1.807, 2.05) is 107 Å². The van der Waals surface area contributed by atoms with Crippen LogP contribution in [0.1, 0.15) is 155 Å². The molecule has 5 N–H and O–H groups in total. The zero-order valence-electron chi connectivity index (χ0n) is 59.4. The number of methoxy groups -OCH3 is 1. The van der Waals surface area contributed by atoms with Gasteiger partial charge in [0.05, 0.1) is 141 Å². The van der Waals surface area contributed by atoms with Crippen molar-refractivity contribution in [3.05, 3.63) is 109 Å². The maximum absolute atomic E-state index is 10.7. The van der Waals surface area contributed by atoms with Crippen LogP contribution in [0.25, 0.3) is 0 Å². The van der Waals surface area contributed by atoms with Crippen molar-refractivity contribution in [2.24, 2.45) is 0 Å². The topological polar surface area (TPSA) is 146 Å². The number of β-amino-alcohol motifs (C(OH)–C–C–N with tert-alkyl or cyclic N) is 4. The summed E-state index contributed by atoms with van der Waals surface area (Å²) in [5, 5.41) is 50.1. The van der Waals surface area contributed by atoms with Crippen molar-refractivity contribution in [3.63, 3.8) is 0 Å². The fraction of sp³-hybridized carbons (Fsp3) is 0.742. The molecule has 0 saturated carbocycles. The number of aliphatic hydroxyl groups is 5. The normalized spacial score (nSPS) is 23.8. The number of quaternary nitrogens is 1. The summed E-state index contributed by atoms with van der Waals surface area (Å²) in [7, 11) is 7.90. The van der Waals surface area contributed by atoms with E-state index in [4.69, 9.17) is 4.74 Å². The Balaban J connectivity index is -0.000000169. The van der Waals surface area contributed by atoms with E-state index in [2.05, 4.69) is 181 Å². The molecule has 18 nitrogen and oxygen atoms in total. The third kappa shape index (κ3) is 37.8. The minimum absolute atomic E-state index is 0. The van der Waals surface area contributed by atoms with E-state index in [0.29, 0.717) is 51.2 Å². The van der Waals surface area contributed by atoms with Crippen LogP contribution in [0.5, 0.6) is 0 Å². The Labute approximate surface area is 591 Å². The Morgan fingerprint density at radius 3 is 0.833 bits per heavy atom. The summed E-state index contributed by atoms with van der Waals surface area (Å²) in [4.78, 5) is 24.0. The van der Waals surface area contributed by atoms with Crippen molar-refractivity contribution in [2.75, 3.05) is 93.7 Å². The lowest BCUT2D eigenvalue weighted by molar-refractivity contribution is -0.950. The maximum Gasteiger partial charge on any atom is 0.166 e. The molecule has 0 radical (unpaired) electrons. The number of ether oxygens (including phenoxy) is 1. The molecule has 0 amide bonds. The van der Waals surface area contributed by atoms with Gasteiger partial charge in [0.25, 0.3) is 0 Å². The Kier molecular flexibility index (Phi) is 67.2. The molecule has 0 aromatic carbocycles. The highest BCUT2D eigenvalue weighted by molar-refractivity contribution is 5.02. The lowest BCUT2D eigenvalue weighted by atomic mass is 10.1. The van der Waals surface area contributed by atoms with Crippen molar-refractivity contribution in [1.29, 1.82) is 0 Å². The molecule has 1 fully saturated rings. The average Bonchev–Trinajstić information content (AvgIpc) is 1.60. The van der Waals surface area contributed by atoms with Gasteiger partial charge in [0.2, 0.25) is 0 Å². The van der Waals surface area contributed by atoms with Crippen LogP contribution >= 0.6 is 0 Å². The summed E-state index contributed by atoms with van der Waals surface area (Å²) < 4.78 is 6.66. The van der Waals surface area contributed by atoms with Gasteiger partial charge >= 0.3 is 0 Å². The van der Waals surface area contributed by atoms with Gasteiger partial charge in [0.1, 0.15) is 19.3 Å². The monoisotopic (exact) mass is 1400 g/mol. The van der Waals surface area contributed by atoms with E-state index in [1.54, 1.807) is 7.11 Å². The lowest BCUT2D eigenvalue weighted by Gasteiger charge is -2.48. The molecule has 0 aromatic rings. The van der Waals surface area contributed by atoms with Crippen LogP contribution in [0, 0.1) is 34.6 Å². The fourth-order valence-corrected chi connectivity index (χ4v) is 9.38. The van der Waals surface area contributed by atoms with E-state index in [1.165, 1.54) is 6.42 Å². The van der Waals surface area contributed by atoms with Gasteiger partial charge in [-0.3, -0.25) is 4.48 Å². The van der Waals surface area contributed by atoms with Gasteiger partial charge < -0.3 is 159 Å². The smallest absolute Gasteiger partial charge is 0.166 e. The van der Waals surface area contributed by atoms with Crippen molar-refractivity contribution in [1.82, 2.24) is 53.9 Å². The summed E-state index contributed by atoms with van der Waals surface area (Å²) >= 11 is 0. The van der Waals surface area contributed by atoms with E-state index < -0.39 is 6.10 Å². The largest absolute Gasteiger partial charge is 1.00 e. The van der Waals surface area contributed by atoms with Gasteiger partial charge in [-0.05, 0) is 82.1 Å². The number of halogens is 6. The Morgan fingerprint density at radius 2 is 0.611 bits per heavy atom. The second kappa shape index (κ2) is 58.6. The molecule has 7 heterocycles. The quantitative estimate of drug-likeness (QED) is 0.0617. The Morgan fingerprint density at radius 1 is 0.389 bits per heavy atom. The van der Waals surface area contributed by atoms with E-state index in [-0.39, 0.29) is 123 Å². The molecule has 1 saturated heterocycles. The average molecular weight is 1400 g/mol. The molecule has 7 aliphatic heterocycles. The van der Waals surface area contributed by atoms with Crippen LogP contribution in [0.2, 0.25) is 0 Å². The molecule has 24 heteroatoms. The van der Waals surface area contributed by atoms with Gasteiger partial charge in [0, 0.05) is 143 Å². The van der Waals surface area contributed by atoms with Crippen LogP contribution < -0.4 is 74.4 Å². The van der Waals surface area contributed by atoms with Gasteiger partial charge in [-0.25, -0.2) is 0 Å². The van der Waals surface area contributed by atoms with Crippen LogP contribution in [0.4, 0.5) is 0 Å². The fourth-order valence-electron chi connectivity index (χ4n) is 9.38. The molecular weight excluding hydrogens is 1270 g/mol. The first kappa shape index (κ1) is 103. The molecule has 1 spiro atoms. The molecule has 534 valence electrons. The third-order valence-corrected chi connectivity index (χ3v) is 15.0. The van der Waals surface area contributed by atoms with Gasteiger partial charge in [-0.15, -0.1) is 0 Å². The summed E-state index contributed by atoms with van der Waals surface area (Å²) in [6.07, 6.45) is 32.8. The number of hydrogen-bond donors (Lipinski definition) is 5. The van der Waals surface area contributed by atoms with Gasteiger partial charge in [-0.2, -0.15) is 0 Å². The number of nitrogens with zero attached hydrogens (tertiary/aromatic N) is 12. The lowest BCUT2D eigenvalue weighted by Crippen LogP contribution is -3.00. The summed E-state index contributed by atoms with van der Waals surface area (Å²) in [5.74, 6) is 0. The van der Waals surface area contributed by atoms with Crippen molar-refractivity contribution < 1.29 is 109 Å². The maximum atomic E-state index is 10.7. The highest BCUT2D eigenvalue weighted by Crippen LogP contribution is 2.33. The van der Waals surface area contributed by atoms with E-state index >= 15 is 0 Å². The number of hydrogen-bond acceptors (Lipinski definition) is 17. The minimum Gasteiger partial charge on any atom is -1.00 e. The molecule has 0 bridgehead atoms. The van der Waals surface area contributed by atoms with E-state index in [9.17, 15) is 25.5 Å². The Hall–Kier alpha value is -2.95. The molecule has 7 rings (SSSR count). The summed E-state index contributed by atoms with van der Waals surface area (Å²) in [5.41, 5.74) is 0. The molecule has 0 aliphatic carbocycles. The van der Waals surface area contributed by atoms with Crippen molar-refractivity contribution >= 4 is 0 Å². The van der Waals surface area contributed by atoms with Crippen molar-refractivity contribution in [2.45, 2.75) is 229 Å². The van der Waals surface area contributed by atoms with Crippen LogP contribution in [-0.2, 0) is 4.74 Å².